The summed E-state index contributed by atoms with van der Waals surface area (Å²) in [7, 11) is 0. The Hall–Kier alpha value is -2.56. The molecule has 0 radical (unpaired) electrons. The van der Waals surface area contributed by atoms with E-state index in [1.807, 2.05) is 6.92 Å². The van der Waals surface area contributed by atoms with E-state index in [0.29, 0.717) is 13.0 Å². The lowest BCUT2D eigenvalue weighted by Gasteiger charge is -2.10. The minimum Gasteiger partial charge on any atom is -0.508 e. The van der Waals surface area contributed by atoms with Crippen LogP contribution in [0.2, 0.25) is 0 Å². The van der Waals surface area contributed by atoms with Crippen molar-refractivity contribution in [3.63, 3.8) is 0 Å². The van der Waals surface area contributed by atoms with Gasteiger partial charge in [-0.25, -0.2) is 9.18 Å². The highest BCUT2D eigenvalue weighted by Crippen LogP contribution is 2.20. The van der Waals surface area contributed by atoms with Crippen molar-refractivity contribution in [1.29, 1.82) is 0 Å². The largest absolute Gasteiger partial charge is 0.508 e. The summed E-state index contributed by atoms with van der Waals surface area (Å²) in [5.41, 5.74) is 2.18. The van der Waals surface area contributed by atoms with Crippen molar-refractivity contribution in [2.75, 3.05) is 5.32 Å². The summed E-state index contributed by atoms with van der Waals surface area (Å²) in [6.07, 6.45) is 0.614. The second-order valence-electron chi connectivity index (χ2n) is 4.67. The first kappa shape index (κ1) is 14.8. The van der Waals surface area contributed by atoms with Crippen LogP contribution in [0.3, 0.4) is 0 Å². The van der Waals surface area contributed by atoms with E-state index in [1.54, 1.807) is 18.2 Å². The Kier molecular flexibility index (Phi) is 4.42. The van der Waals surface area contributed by atoms with Crippen LogP contribution in [0.1, 0.15) is 28.4 Å². The molecule has 0 aliphatic carbocycles. The summed E-state index contributed by atoms with van der Waals surface area (Å²) in [5, 5.41) is 21.1. The van der Waals surface area contributed by atoms with Crippen LogP contribution in [0, 0.1) is 5.82 Å². The topological polar surface area (TPSA) is 69.6 Å². The number of aromatic hydroxyl groups is 1. The van der Waals surface area contributed by atoms with Crippen molar-refractivity contribution in [3.05, 3.63) is 58.9 Å². The fourth-order valence-electron chi connectivity index (χ4n) is 2.10. The number of anilines is 1. The van der Waals surface area contributed by atoms with Crippen LogP contribution in [0.25, 0.3) is 0 Å². The van der Waals surface area contributed by atoms with E-state index in [9.17, 15) is 9.18 Å². The molecule has 0 atom stereocenters. The molecule has 0 aliphatic heterocycles. The fraction of sp³-hybridized carbons (Fsp3) is 0.188. The highest BCUT2D eigenvalue weighted by Gasteiger charge is 2.09. The molecule has 5 heteroatoms. The van der Waals surface area contributed by atoms with Crippen LogP contribution >= 0.6 is 0 Å². The van der Waals surface area contributed by atoms with Crippen LogP contribution in [0.4, 0.5) is 10.1 Å². The molecule has 0 aliphatic rings. The van der Waals surface area contributed by atoms with Gasteiger partial charge in [-0.05, 0) is 35.7 Å². The molecule has 0 saturated carbocycles. The molecule has 0 heterocycles. The van der Waals surface area contributed by atoms with Crippen molar-refractivity contribution in [2.24, 2.45) is 0 Å². The number of carboxylic acids is 1. The number of carbonyl (C=O) groups is 1. The van der Waals surface area contributed by atoms with Gasteiger partial charge in [0.1, 0.15) is 11.6 Å². The third-order valence-corrected chi connectivity index (χ3v) is 3.22. The molecule has 4 nitrogen and oxygen atoms in total. The van der Waals surface area contributed by atoms with Gasteiger partial charge in [-0.2, -0.15) is 0 Å². The zero-order valence-electron chi connectivity index (χ0n) is 11.6. The average Bonchev–Trinajstić information content (AvgIpc) is 2.45. The third kappa shape index (κ3) is 3.51. The van der Waals surface area contributed by atoms with Crippen molar-refractivity contribution < 1.29 is 19.4 Å². The first-order valence-electron chi connectivity index (χ1n) is 6.58. The first-order chi connectivity index (χ1) is 10.0. The quantitative estimate of drug-likeness (QED) is 0.738. The normalized spacial score (nSPS) is 10.4. The predicted molar refractivity (Wildman–Crippen MR) is 78.2 cm³/mol. The summed E-state index contributed by atoms with van der Waals surface area (Å²) < 4.78 is 13.6. The summed E-state index contributed by atoms with van der Waals surface area (Å²) in [5.74, 6) is -1.61. The lowest BCUT2D eigenvalue weighted by molar-refractivity contribution is 0.0695. The number of benzene rings is 2. The number of aromatic carboxylic acids is 1. The number of phenols is 1. The SMILES string of the molecule is CCc1cc(CNc2ccc(O)cc2F)ccc1C(=O)O. The van der Waals surface area contributed by atoms with Crippen LogP contribution in [-0.4, -0.2) is 16.2 Å². The molecule has 0 amide bonds. The Morgan fingerprint density at radius 2 is 2.00 bits per heavy atom. The van der Waals surface area contributed by atoms with E-state index in [2.05, 4.69) is 5.32 Å². The van der Waals surface area contributed by atoms with Crippen LogP contribution in [0.15, 0.2) is 36.4 Å². The second-order valence-corrected chi connectivity index (χ2v) is 4.67. The van der Waals surface area contributed by atoms with Gasteiger partial charge >= 0.3 is 5.97 Å². The molecule has 0 bridgehead atoms. The van der Waals surface area contributed by atoms with Crippen molar-refractivity contribution in [2.45, 2.75) is 19.9 Å². The Bertz CT molecular complexity index is 671. The highest BCUT2D eigenvalue weighted by molar-refractivity contribution is 5.89. The van der Waals surface area contributed by atoms with E-state index < -0.39 is 11.8 Å². The van der Waals surface area contributed by atoms with Gasteiger partial charge < -0.3 is 15.5 Å². The maximum absolute atomic E-state index is 13.6. The fourth-order valence-corrected chi connectivity index (χ4v) is 2.10. The second kappa shape index (κ2) is 6.26. The third-order valence-electron chi connectivity index (χ3n) is 3.22. The summed E-state index contributed by atoms with van der Waals surface area (Å²) >= 11 is 0. The van der Waals surface area contributed by atoms with Gasteiger partial charge in [0.05, 0.1) is 11.3 Å². The maximum Gasteiger partial charge on any atom is 0.335 e. The molecule has 0 unspecified atom stereocenters. The molecule has 0 aromatic heterocycles. The Balaban J connectivity index is 2.15. The van der Waals surface area contributed by atoms with E-state index in [-0.39, 0.29) is 17.0 Å². The number of rotatable bonds is 5. The minimum absolute atomic E-state index is 0.128. The van der Waals surface area contributed by atoms with Crippen LogP contribution in [0.5, 0.6) is 5.75 Å². The van der Waals surface area contributed by atoms with Gasteiger partial charge in [-0.3, -0.25) is 0 Å². The Morgan fingerprint density at radius 1 is 1.24 bits per heavy atom. The molecular formula is C16H16FNO3. The first-order valence-corrected chi connectivity index (χ1v) is 6.58. The number of nitrogens with one attached hydrogen (secondary N) is 1. The number of carboxylic acid groups (broad SMARTS) is 1. The smallest absolute Gasteiger partial charge is 0.335 e. The van der Waals surface area contributed by atoms with Crippen LogP contribution < -0.4 is 5.32 Å². The highest BCUT2D eigenvalue weighted by atomic mass is 19.1. The van der Waals surface area contributed by atoms with E-state index >= 15 is 0 Å². The molecule has 0 saturated heterocycles. The molecular weight excluding hydrogens is 273 g/mol. The predicted octanol–water partition coefficient (Wildman–Crippen LogP) is 3.40. The molecule has 2 aromatic carbocycles. The number of aryl methyl sites for hydroxylation is 1. The van der Waals surface area contributed by atoms with E-state index in [0.717, 1.165) is 17.2 Å². The van der Waals surface area contributed by atoms with Gasteiger partial charge in [0.25, 0.3) is 0 Å². The van der Waals surface area contributed by atoms with Gasteiger partial charge in [-0.15, -0.1) is 0 Å². The van der Waals surface area contributed by atoms with Gasteiger partial charge in [0.15, 0.2) is 0 Å². The molecule has 2 aromatic rings. The molecule has 3 N–H and O–H groups in total. The van der Waals surface area contributed by atoms with Crippen molar-refractivity contribution in [3.8, 4) is 5.75 Å². The van der Waals surface area contributed by atoms with Crippen LogP contribution in [-0.2, 0) is 13.0 Å². The Morgan fingerprint density at radius 3 is 2.62 bits per heavy atom. The van der Waals surface area contributed by atoms with Gasteiger partial charge in [0.2, 0.25) is 0 Å². The molecule has 110 valence electrons. The van der Waals surface area contributed by atoms with Gasteiger partial charge in [0, 0.05) is 12.6 Å². The zero-order chi connectivity index (χ0) is 15.4. The number of hydrogen-bond acceptors (Lipinski definition) is 3. The molecule has 2 rings (SSSR count). The monoisotopic (exact) mass is 289 g/mol. The molecule has 0 fully saturated rings. The lowest BCUT2D eigenvalue weighted by Crippen LogP contribution is -2.05. The van der Waals surface area contributed by atoms with Gasteiger partial charge in [-0.1, -0.05) is 19.1 Å². The Labute approximate surface area is 121 Å². The number of phenolic OH excluding ortho intramolecular Hbond substituents is 1. The summed E-state index contributed by atoms with van der Waals surface area (Å²) in [6.45, 7) is 2.26. The lowest BCUT2D eigenvalue weighted by atomic mass is 10.0. The number of halogens is 1. The average molecular weight is 289 g/mol. The van der Waals surface area contributed by atoms with Crippen molar-refractivity contribution >= 4 is 11.7 Å². The maximum atomic E-state index is 13.6. The molecule has 0 spiro atoms. The zero-order valence-corrected chi connectivity index (χ0v) is 11.6. The van der Waals surface area contributed by atoms with Crippen molar-refractivity contribution in [1.82, 2.24) is 0 Å². The summed E-state index contributed by atoms with van der Waals surface area (Å²) in [4.78, 5) is 11.1. The van der Waals surface area contributed by atoms with E-state index in [4.69, 9.17) is 10.2 Å². The summed E-state index contributed by atoms with van der Waals surface area (Å²) in [6, 6.07) is 8.95. The van der Waals surface area contributed by atoms with E-state index in [1.165, 1.54) is 12.1 Å². The number of hydrogen-bond donors (Lipinski definition) is 3. The minimum atomic E-state index is -0.948. The molecule has 21 heavy (non-hydrogen) atoms. The standard InChI is InChI=1S/C16H16FNO3/c1-2-11-7-10(3-5-13(11)16(20)21)9-18-15-6-4-12(19)8-14(15)17/h3-8,18-19H,2,9H2,1H3,(H,20,21).